The summed E-state index contributed by atoms with van der Waals surface area (Å²) in [6.07, 6.45) is 1.76. The molecule has 1 aromatic rings. The topological polar surface area (TPSA) is 54.4 Å². The number of aliphatic carboxylic acids is 1. The van der Waals surface area contributed by atoms with E-state index in [9.17, 15) is 9.59 Å². The van der Waals surface area contributed by atoms with Crippen LogP contribution in [0.4, 0.5) is 0 Å². The molecule has 96 valence electrons. The van der Waals surface area contributed by atoms with E-state index in [4.69, 9.17) is 28.3 Å². The van der Waals surface area contributed by atoms with Crippen molar-refractivity contribution < 1.29 is 14.7 Å². The van der Waals surface area contributed by atoms with Crippen LogP contribution < -0.4 is 0 Å². The van der Waals surface area contributed by atoms with Gasteiger partial charge in [-0.25, -0.2) is 0 Å². The Morgan fingerprint density at radius 3 is 2.78 bits per heavy atom. The molecular weight excluding hydrogens is 275 g/mol. The minimum absolute atomic E-state index is 0.0276. The molecule has 1 aromatic carbocycles. The van der Waals surface area contributed by atoms with Crippen LogP contribution in [0.15, 0.2) is 12.1 Å². The van der Waals surface area contributed by atoms with Crippen molar-refractivity contribution in [2.24, 2.45) is 5.92 Å². The van der Waals surface area contributed by atoms with Crippen LogP contribution in [0.25, 0.3) is 0 Å². The first-order chi connectivity index (χ1) is 8.49. The van der Waals surface area contributed by atoms with E-state index in [1.165, 1.54) is 0 Å². The van der Waals surface area contributed by atoms with Gasteiger partial charge in [-0.2, -0.15) is 0 Å². The number of rotatable bonds is 4. The first kappa shape index (κ1) is 13.4. The lowest BCUT2D eigenvalue weighted by Gasteiger charge is -2.05. The molecule has 0 bridgehead atoms. The zero-order valence-electron chi connectivity index (χ0n) is 9.58. The normalized spacial score (nSPS) is 17.9. The highest BCUT2D eigenvalue weighted by molar-refractivity contribution is 6.36. The van der Waals surface area contributed by atoms with Gasteiger partial charge in [0.25, 0.3) is 0 Å². The molecule has 0 aliphatic heterocycles. The molecule has 1 aliphatic rings. The van der Waals surface area contributed by atoms with Crippen molar-refractivity contribution in [3.05, 3.63) is 33.3 Å². The van der Waals surface area contributed by atoms with Crippen LogP contribution in [0.3, 0.4) is 0 Å². The van der Waals surface area contributed by atoms with E-state index >= 15 is 0 Å². The average Bonchev–Trinajstić information content (AvgIpc) is 2.57. The molecule has 2 rings (SSSR count). The maximum atomic E-state index is 12.1. The van der Waals surface area contributed by atoms with E-state index in [2.05, 4.69) is 0 Å². The van der Waals surface area contributed by atoms with E-state index in [0.717, 1.165) is 5.56 Å². The number of fused-ring (bicyclic) bond motifs is 1. The standard InChI is InChI=1S/C13H12Cl2O3/c14-8-5-10-9(11(15)6-8)4-7(13(10)18)2-1-3-12(16)17/h5-7H,1-4H2,(H,16,17). The third-order valence-corrected chi connectivity index (χ3v) is 3.75. The Kier molecular flexibility index (Phi) is 3.93. The number of carbonyl (C=O) groups is 2. The molecule has 0 spiro atoms. The third kappa shape index (κ3) is 2.68. The Morgan fingerprint density at radius 1 is 1.39 bits per heavy atom. The van der Waals surface area contributed by atoms with Gasteiger partial charge in [0.1, 0.15) is 0 Å². The van der Waals surface area contributed by atoms with Crippen molar-refractivity contribution in [3.8, 4) is 0 Å². The summed E-state index contributed by atoms with van der Waals surface area (Å²) in [4.78, 5) is 22.6. The number of carbonyl (C=O) groups excluding carboxylic acids is 1. The lowest BCUT2D eigenvalue weighted by atomic mass is 9.98. The first-order valence-corrected chi connectivity index (χ1v) is 6.48. The molecule has 0 amide bonds. The van der Waals surface area contributed by atoms with Crippen LogP contribution in [-0.2, 0) is 11.2 Å². The van der Waals surface area contributed by atoms with Crippen molar-refractivity contribution in [3.63, 3.8) is 0 Å². The molecule has 1 atom stereocenters. The number of carboxylic acids is 1. The second kappa shape index (κ2) is 5.29. The van der Waals surface area contributed by atoms with Crippen LogP contribution in [-0.4, -0.2) is 16.9 Å². The zero-order valence-corrected chi connectivity index (χ0v) is 11.1. The van der Waals surface area contributed by atoms with Crippen molar-refractivity contribution in [2.75, 3.05) is 0 Å². The molecule has 0 radical (unpaired) electrons. The van der Waals surface area contributed by atoms with Gasteiger partial charge in [-0.1, -0.05) is 23.2 Å². The van der Waals surface area contributed by atoms with Gasteiger partial charge in [0.15, 0.2) is 5.78 Å². The van der Waals surface area contributed by atoms with Gasteiger partial charge in [0.2, 0.25) is 0 Å². The highest BCUT2D eigenvalue weighted by atomic mass is 35.5. The molecule has 0 heterocycles. The molecular formula is C13H12Cl2O3. The Labute approximate surface area is 115 Å². The van der Waals surface area contributed by atoms with Crippen LogP contribution in [0.1, 0.15) is 35.2 Å². The van der Waals surface area contributed by atoms with Gasteiger partial charge in [-0.15, -0.1) is 0 Å². The van der Waals surface area contributed by atoms with Gasteiger partial charge >= 0.3 is 5.97 Å². The van der Waals surface area contributed by atoms with E-state index in [1.807, 2.05) is 0 Å². The summed E-state index contributed by atoms with van der Waals surface area (Å²) >= 11 is 11.9. The van der Waals surface area contributed by atoms with E-state index in [1.54, 1.807) is 12.1 Å². The van der Waals surface area contributed by atoms with Crippen molar-refractivity contribution in [2.45, 2.75) is 25.7 Å². The zero-order chi connectivity index (χ0) is 13.3. The van der Waals surface area contributed by atoms with Crippen LogP contribution in [0.2, 0.25) is 10.0 Å². The molecule has 0 saturated heterocycles. The number of hydrogen-bond donors (Lipinski definition) is 1. The summed E-state index contributed by atoms with van der Waals surface area (Å²) in [6, 6.07) is 3.27. The highest BCUT2D eigenvalue weighted by Crippen LogP contribution is 2.36. The molecule has 18 heavy (non-hydrogen) atoms. The number of carboxylic acid groups (broad SMARTS) is 1. The fourth-order valence-corrected chi connectivity index (χ4v) is 2.89. The minimum Gasteiger partial charge on any atom is -0.481 e. The molecule has 1 aliphatic carbocycles. The van der Waals surface area contributed by atoms with Gasteiger partial charge in [0.05, 0.1) is 0 Å². The molecule has 1 N–H and O–H groups in total. The summed E-state index contributed by atoms with van der Waals surface area (Å²) in [5.74, 6) is -0.964. The van der Waals surface area contributed by atoms with Crippen molar-refractivity contribution >= 4 is 35.0 Å². The van der Waals surface area contributed by atoms with Gasteiger partial charge in [-0.05, 0) is 37.0 Å². The Hall–Kier alpha value is -1.06. The largest absolute Gasteiger partial charge is 0.481 e. The fraction of sp³-hybridized carbons (Fsp3) is 0.385. The molecule has 1 unspecified atom stereocenters. The van der Waals surface area contributed by atoms with Gasteiger partial charge in [0, 0.05) is 27.9 Å². The number of hydrogen-bond acceptors (Lipinski definition) is 2. The Bertz CT molecular complexity index is 511. The Balaban J connectivity index is 2.10. The van der Waals surface area contributed by atoms with E-state index in [0.29, 0.717) is 34.9 Å². The lowest BCUT2D eigenvalue weighted by molar-refractivity contribution is -0.137. The lowest BCUT2D eigenvalue weighted by Crippen LogP contribution is -2.09. The summed E-state index contributed by atoms with van der Waals surface area (Å²) in [5.41, 5.74) is 1.43. The van der Waals surface area contributed by atoms with E-state index < -0.39 is 5.97 Å². The monoisotopic (exact) mass is 286 g/mol. The average molecular weight is 287 g/mol. The third-order valence-electron chi connectivity index (χ3n) is 3.19. The summed E-state index contributed by atoms with van der Waals surface area (Å²) in [6.45, 7) is 0. The van der Waals surface area contributed by atoms with Crippen LogP contribution in [0, 0.1) is 5.92 Å². The Morgan fingerprint density at radius 2 is 2.11 bits per heavy atom. The number of halogens is 2. The second-order valence-corrected chi connectivity index (χ2v) is 5.31. The fourth-order valence-electron chi connectivity index (χ4n) is 2.32. The highest BCUT2D eigenvalue weighted by Gasteiger charge is 2.32. The molecule has 3 nitrogen and oxygen atoms in total. The number of benzene rings is 1. The quantitative estimate of drug-likeness (QED) is 0.920. The summed E-state index contributed by atoms with van der Waals surface area (Å²) < 4.78 is 0. The maximum absolute atomic E-state index is 12.1. The first-order valence-electron chi connectivity index (χ1n) is 5.73. The van der Waals surface area contributed by atoms with Gasteiger partial charge in [-0.3, -0.25) is 9.59 Å². The van der Waals surface area contributed by atoms with Gasteiger partial charge < -0.3 is 5.11 Å². The van der Waals surface area contributed by atoms with E-state index in [-0.39, 0.29) is 18.1 Å². The molecule has 0 fully saturated rings. The van der Waals surface area contributed by atoms with Crippen molar-refractivity contribution in [1.82, 2.24) is 0 Å². The molecule has 0 aromatic heterocycles. The second-order valence-electron chi connectivity index (χ2n) is 4.46. The molecule has 5 heteroatoms. The predicted octanol–water partition coefficient (Wildman–Crippen LogP) is 3.60. The maximum Gasteiger partial charge on any atom is 0.303 e. The van der Waals surface area contributed by atoms with Crippen molar-refractivity contribution in [1.29, 1.82) is 0 Å². The molecule has 0 saturated carbocycles. The van der Waals surface area contributed by atoms with Crippen LogP contribution in [0.5, 0.6) is 0 Å². The summed E-state index contributed by atoms with van der Waals surface area (Å²) in [7, 11) is 0. The van der Waals surface area contributed by atoms with Crippen LogP contribution >= 0.6 is 23.2 Å². The number of Topliss-reactive ketones (excluding diaryl/α,β-unsaturated/α-hetero) is 1. The SMILES string of the molecule is O=C(O)CCCC1Cc2c(Cl)cc(Cl)cc2C1=O. The number of ketones is 1. The minimum atomic E-state index is -0.834. The summed E-state index contributed by atoms with van der Waals surface area (Å²) in [5, 5.41) is 9.56. The predicted molar refractivity (Wildman–Crippen MR) is 69.5 cm³/mol. The smallest absolute Gasteiger partial charge is 0.303 e.